The van der Waals surface area contributed by atoms with Crippen LogP contribution in [0.25, 0.3) is 6.08 Å². The van der Waals surface area contributed by atoms with Crippen molar-refractivity contribution in [2.45, 2.75) is 0 Å². The number of benzene rings is 2. The minimum atomic E-state index is -3.78. The van der Waals surface area contributed by atoms with E-state index in [0.29, 0.717) is 0 Å². The van der Waals surface area contributed by atoms with E-state index < -0.39 is 16.0 Å². The topological polar surface area (TPSA) is 83.5 Å². The molecule has 0 radical (unpaired) electrons. The third-order valence-electron chi connectivity index (χ3n) is 2.65. The molecule has 2 N–H and O–H groups in total. The van der Waals surface area contributed by atoms with Gasteiger partial charge in [0.1, 0.15) is 0 Å². The average molecular weight is 303 g/mol. The first-order chi connectivity index (χ1) is 9.98. The van der Waals surface area contributed by atoms with Crippen molar-refractivity contribution in [3.05, 3.63) is 71.1 Å². The Hall–Kier alpha value is -2.60. The first-order valence-corrected chi connectivity index (χ1v) is 7.61. The Morgan fingerprint density at radius 1 is 1.00 bits per heavy atom. The monoisotopic (exact) mass is 303 g/mol. The Kier molecular flexibility index (Phi) is 4.39. The van der Waals surface area contributed by atoms with Gasteiger partial charge in [-0.05, 0) is 23.8 Å². The molecule has 0 aromatic heterocycles. The van der Waals surface area contributed by atoms with Gasteiger partial charge in [0.15, 0.2) is 0 Å². The second-order valence-electron chi connectivity index (χ2n) is 4.21. The molecule has 0 unspecified atom stereocenters. The maximum Gasteiger partial charge on any atom is 0.337 e. The van der Waals surface area contributed by atoms with Crippen molar-refractivity contribution in [1.82, 2.24) is 0 Å². The number of aromatic carboxylic acids is 1. The number of nitrogens with one attached hydrogen (secondary N) is 1. The number of carboxylic acids is 1. The third-order valence-corrected chi connectivity index (χ3v) is 3.65. The van der Waals surface area contributed by atoms with Gasteiger partial charge in [0, 0.05) is 0 Å². The second kappa shape index (κ2) is 6.23. The fraction of sp³-hybridized carbons (Fsp3) is 0. The van der Waals surface area contributed by atoms with Crippen LogP contribution in [-0.4, -0.2) is 19.5 Å². The minimum absolute atomic E-state index is 0.0303. The van der Waals surface area contributed by atoms with Gasteiger partial charge < -0.3 is 5.11 Å². The maximum absolute atomic E-state index is 12.0. The predicted molar refractivity (Wildman–Crippen MR) is 81.4 cm³/mol. The quantitative estimate of drug-likeness (QED) is 0.889. The summed E-state index contributed by atoms with van der Waals surface area (Å²) >= 11 is 0. The van der Waals surface area contributed by atoms with Crippen molar-refractivity contribution in [2.75, 3.05) is 4.72 Å². The second-order valence-corrected chi connectivity index (χ2v) is 5.78. The van der Waals surface area contributed by atoms with E-state index in [2.05, 4.69) is 4.72 Å². The summed E-state index contributed by atoms with van der Waals surface area (Å²) in [4.78, 5) is 11.0. The number of para-hydroxylation sites is 1. The standard InChI is InChI=1S/C15H13NO4S/c17-15(18)13-8-4-5-9-14(13)16-21(19,20)11-10-12-6-2-1-3-7-12/h1-11,16H,(H,17,18). The van der Waals surface area contributed by atoms with Crippen LogP contribution in [0.4, 0.5) is 5.69 Å². The normalized spacial score (nSPS) is 11.4. The van der Waals surface area contributed by atoms with E-state index in [1.807, 2.05) is 6.07 Å². The van der Waals surface area contributed by atoms with Crippen LogP contribution >= 0.6 is 0 Å². The van der Waals surface area contributed by atoms with E-state index in [1.54, 1.807) is 30.3 Å². The number of carbonyl (C=O) groups is 1. The molecule has 2 aromatic carbocycles. The Labute approximate surface area is 122 Å². The van der Waals surface area contributed by atoms with Crippen LogP contribution in [0, 0.1) is 0 Å². The molecule has 0 bridgehead atoms. The summed E-state index contributed by atoms with van der Waals surface area (Å²) in [7, 11) is -3.78. The molecule has 0 aliphatic carbocycles. The zero-order valence-corrected chi connectivity index (χ0v) is 11.7. The largest absolute Gasteiger partial charge is 0.478 e. The van der Waals surface area contributed by atoms with E-state index in [1.165, 1.54) is 24.3 Å². The molecule has 108 valence electrons. The third kappa shape index (κ3) is 4.19. The highest BCUT2D eigenvalue weighted by Crippen LogP contribution is 2.17. The maximum atomic E-state index is 12.0. The molecule has 5 nitrogen and oxygen atoms in total. The van der Waals surface area contributed by atoms with E-state index in [-0.39, 0.29) is 11.3 Å². The molecular formula is C15H13NO4S. The van der Waals surface area contributed by atoms with Crippen molar-refractivity contribution in [1.29, 1.82) is 0 Å². The molecule has 0 aliphatic rings. The number of rotatable bonds is 5. The Balaban J connectivity index is 2.23. The van der Waals surface area contributed by atoms with Gasteiger partial charge >= 0.3 is 5.97 Å². The van der Waals surface area contributed by atoms with Gasteiger partial charge in [-0.3, -0.25) is 4.72 Å². The summed E-state index contributed by atoms with van der Waals surface area (Å²) in [5.41, 5.74) is 0.659. The molecule has 0 aliphatic heterocycles. The molecule has 0 amide bonds. The molecule has 21 heavy (non-hydrogen) atoms. The Morgan fingerprint density at radius 3 is 2.29 bits per heavy atom. The van der Waals surface area contributed by atoms with Gasteiger partial charge in [0.25, 0.3) is 10.0 Å². The Morgan fingerprint density at radius 2 is 1.62 bits per heavy atom. The van der Waals surface area contributed by atoms with Gasteiger partial charge in [0.05, 0.1) is 16.7 Å². The first kappa shape index (κ1) is 14.8. The molecule has 2 aromatic rings. The number of hydrogen-bond donors (Lipinski definition) is 2. The first-order valence-electron chi connectivity index (χ1n) is 6.06. The lowest BCUT2D eigenvalue weighted by Crippen LogP contribution is -2.12. The number of anilines is 1. The van der Waals surface area contributed by atoms with Crippen molar-refractivity contribution >= 4 is 27.8 Å². The number of carboxylic acid groups (broad SMARTS) is 1. The Bertz CT molecular complexity index is 767. The smallest absolute Gasteiger partial charge is 0.337 e. The molecule has 0 fully saturated rings. The van der Waals surface area contributed by atoms with Crippen molar-refractivity contribution < 1.29 is 18.3 Å². The molecule has 2 rings (SSSR count). The summed E-state index contributed by atoms with van der Waals surface area (Å²) in [6.45, 7) is 0. The van der Waals surface area contributed by atoms with E-state index in [4.69, 9.17) is 5.11 Å². The lowest BCUT2D eigenvalue weighted by Gasteiger charge is -2.07. The van der Waals surface area contributed by atoms with Crippen molar-refractivity contribution in [2.24, 2.45) is 0 Å². The van der Waals surface area contributed by atoms with Crippen LogP contribution in [0.1, 0.15) is 15.9 Å². The highest BCUT2D eigenvalue weighted by Gasteiger charge is 2.13. The highest BCUT2D eigenvalue weighted by atomic mass is 32.2. The summed E-state index contributed by atoms with van der Waals surface area (Å²) in [5.74, 6) is -1.19. The zero-order valence-electron chi connectivity index (χ0n) is 10.9. The lowest BCUT2D eigenvalue weighted by atomic mass is 10.2. The predicted octanol–water partition coefficient (Wildman–Crippen LogP) is 2.80. The summed E-state index contributed by atoms with van der Waals surface area (Å²) < 4.78 is 26.2. The molecule has 0 saturated heterocycles. The van der Waals surface area contributed by atoms with Crippen LogP contribution in [-0.2, 0) is 10.0 Å². The summed E-state index contributed by atoms with van der Waals surface area (Å²) in [5, 5.41) is 10.0. The molecule has 6 heteroatoms. The van der Waals surface area contributed by atoms with Crippen molar-refractivity contribution in [3.63, 3.8) is 0 Å². The lowest BCUT2D eigenvalue weighted by molar-refractivity contribution is 0.0698. The van der Waals surface area contributed by atoms with E-state index >= 15 is 0 Å². The molecular weight excluding hydrogens is 290 g/mol. The van der Waals surface area contributed by atoms with Gasteiger partial charge in [-0.25, -0.2) is 13.2 Å². The van der Waals surface area contributed by atoms with Crippen LogP contribution < -0.4 is 4.72 Å². The molecule has 0 heterocycles. The SMILES string of the molecule is O=C(O)c1ccccc1NS(=O)(=O)C=Cc1ccccc1. The highest BCUT2D eigenvalue weighted by molar-refractivity contribution is 7.95. The van der Waals surface area contributed by atoms with E-state index in [9.17, 15) is 13.2 Å². The van der Waals surface area contributed by atoms with Gasteiger partial charge in [-0.2, -0.15) is 0 Å². The van der Waals surface area contributed by atoms with E-state index in [0.717, 1.165) is 11.0 Å². The molecule has 0 saturated carbocycles. The fourth-order valence-corrected chi connectivity index (χ4v) is 2.57. The zero-order chi connectivity index (χ0) is 15.3. The fourth-order valence-electron chi connectivity index (χ4n) is 1.68. The van der Waals surface area contributed by atoms with Crippen LogP contribution in [0.5, 0.6) is 0 Å². The summed E-state index contributed by atoms with van der Waals surface area (Å²) in [6.07, 6.45) is 1.44. The van der Waals surface area contributed by atoms with Crippen LogP contribution in [0.15, 0.2) is 60.0 Å². The summed E-state index contributed by atoms with van der Waals surface area (Å²) in [6, 6.07) is 14.8. The van der Waals surface area contributed by atoms with Crippen molar-refractivity contribution in [3.8, 4) is 0 Å². The van der Waals surface area contributed by atoms with Crippen LogP contribution in [0.3, 0.4) is 0 Å². The van der Waals surface area contributed by atoms with Gasteiger partial charge in [0.2, 0.25) is 0 Å². The van der Waals surface area contributed by atoms with Gasteiger partial charge in [-0.15, -0.1) is 0 Å². The average Bonchev–Trinajstić information content (AvgIpc) is 2.46. The van der Waals surface area contributed by atoms with Gasteiger partial charge in [-0.1, -0.05) is 42.5 Å². The number of sulfonamides is 1. The minimum Gasteiger partial charge on any atom is -0.478 e. The van der Waals surface area contributed by atoms with Crippen LogP contribution in [0.2, 0.25) is 0 Å². The molecule has 0 spiro atoms. The molecule has 0 atom stereocenters. The number of hydrogen-bond acceptors (Lipinski definition) is 3.